The van der Waals surface area contributed by atoms with Gasteiger partial charge in [0, 0.05) is 57.3 Å². The summed E-state index contributed by atoms with van der Waals surface area (Å²) in [6, 6.07) is 4.90. The van der Waals surface area contributed by atoms with Crippen LogP contribution in [0.5, 0.6) is 0 Å². The normalized spacial score (nSPS) is 19.3. The molecule has 0 aromatic carbocycles. The van der Waals surface area contributed by atoms with E-state index in [9.17, 15) is 14.9 Å². The van der Waals surface area contributed by atoms with E-state index in [2.05, 4.69) is 20.1 Å². The maximum atomic E-state index is 12.2. The maximum absolute atomic E-state index is 12.2. The van der Waals surface area contributed by atoms with E-state index >= 15 is 0 Å². The molecule has 0 atom stereocenters. The average Bonchev–Trinajstić information content (AvgIpc) is 2.69. The molecule has 1 aromatic heterocycles. The lowest BCUT2D eigenvalue weighted by atomic mass is 9.89. The molecular weight excluding hydrogens is 334 g/mol. The molecular formula is C18H27N5O3. The quantitative estimate of drug-likeness (QED) is 0.614. The van der Waals surface area contributed by atoms with Gasteiger partial charge in [-0.3, -0.25) is 9.69 Å². The van der Waals surface area contributed by atoms with Gasteiger partial charge in [0.1, 0.15) is 0 Å². The molecule has 2 heterocycles. The monoisotopic (exact) mass is 361 g/mol. The predicted octanol–water partition coefficient (Wildman–Crippen LogP) is 1.81. The Kier molecular flexibility index (Phi) is 6.38. The number of pyridine rings is 1. The summed E-state index contributed by atoms with van der Waals surface area (Å²) in [4.78, 5) is 31.1. The number of hydrogen-bond acceptors (Lipinski definition) is 6. The zero-order chi connectivity index (χ0) is 18.4. The predicted molar refractivity (Wildman–Crippen MR) is 99.1 cm³/mol. The van der Waals surface area contributed by atoms with E-state index in [0.717, 1.165) is 45.6 Å². The Labute approximate surface area is 153 Å². The first kappa shape index (κ1) is 18.6. The highest BCUT2D eigenvalue weighted by Gasteiger charge is 2.23. The van der Waals surface area contributed by atoms with E-state index in [4.69, 9.17) is 0 Å². The number of nitrogens with zero attached hydrogens (tertiary/aromatic N) is 4. The van der Waals surface area contributed by atoms with Crippen molar-refractivity contribution in [2.45, 2.75) is 32.1 Å². The minimum Gasteiger partial charge on any atom is -0.358 e. The fourth-order valence-corrected chi connectivity index (χ4v) is 3.74. The Balaban J connectivity index is 1.39. The zero-order valence-electron chi connectivity index (χ0n) is 15.1. The summed E-state index contributed by atoms with van der Waals surface area (Å²) >= 11 is 0. The molecule has 1 aliphatic carbocycles. The number of piperazine rings is 1. The smallest absolute Gasteiger partial charge is 0.358 e. The van der Waals surface area contributed by atoms with Crippen LogP contribution in [0.2, 0.25) is 0 Å². The number of carbonyl (C=O) groups excluding carboxylic acids is 1. The average molecular weight is 361 g/mol. The first-order valence-electron chi connectivity index (χ1n) is 9.50. The van der Waals surface area contributed by atoms with Gasteiger partial charge >= 0.3 is 5.82 Å². The lowest BCUT2D eigenvalue weighted by Crippen LogP contribution is -2.49. The van der Waals surface area contributed by atoms with Crippen LogP contribution in [0, 0.1) is 16.0 Å². The molecule has 0 bridgehead atoms. The van der Waals surface area contributed by atoms with Gasteiger partial charge in [-0.15, -0.1) is 0 Å². The third kappa shape index (κ3) is 4.91. The van der Waals surface area contributed by atoms with Crippen molar-refractivity contribution in [3.05, 3.63) is 28.3 Å². The van der Waals surface area contributed by atoms with Crippen LogP contribution in [0.4, 0.5) is 11.6 Å². The fraction of sp³-hybridized carbons (Fsp3) is 0.667. The van der Waals surface area contributed by atoms with E-state index in [-0.39, 0.29) is 17.6 Å². The van der Waals surface area contributed by atoms with Crippen molar-refractivity contribution in [2.75, 3.05) is 44.2 Å². The van der Waals surface area contributed by atoms with Gasteiger partial charge < -0.3 is 20.3 Å². The van der Waals surface area contributed by atoms with Crippen molar-refractivity contribution in [3.8, 4) is 0 Å². The summed E-state index contributed by atoms with van der Waals surface area (Å²) in [5.74, 6) is 0.962. The molecule has 0 unspecified atom stereocenters. The van der Waals surface area contributed by atoms with Crippen LogP contribution in [0.3, 0.4) is 0 Å². The molecule has 0 spiro atoms. The molecule has 8 nitrogen and oxygen atoms in total. The Morgan fingerprint density at radius 1 is 1.19 bits per heavy atom. The lowest BCUT2D eigenvalue weighted by molar-refractivity contribution is -0.389. The molecule has 1 aromatic rings. The number of nitrogens with one attached hydrogen (secondary N) is 1. The number of hydrogen-bond donors (Lipinski definition) is 1. The first-order chi connectivity index (χ1) is 12.6. The molecule has 1 saturated heterocycles. The van der Waals surface area contributed by atoms with Crippen LogP contribution in [0.1, 0.15) is 32.1 Å². The summed E-state index contributed by atoms with van der Waals surface area (Å²) in [5.41, 5.74) is 0. The third-order valence-corrected chi connectivity index (χ3v) is 5.31. The van der Waals surface area contributed by atoms with Gasteiger partial charge in [-0.25, -0.2) is 0 Å². The van der Waals surface area contributed by atoms with E-state index in [1.165, 1.54) is 25.3 Å². The molecule has 0 radical (unpaired) electrons. The van der Waals surface area contributed by atoms with Gasteiger partial charge in [0.15, 0.2) is 0 Å². The molecule has 3 rings (SSSR count). The van der Waals surface area contributed by atoms with Crippen LogP contribution >= 0.6 is 0 Å². The Morgan fingerprint density at radius 2 is 1.92 bits per heavy atom. The molecule has 26 heavy (non-hydrogen) atoms. The minimum atomic E-state index is -0.464. The van der Waals surface area contributed by atoms with Crippen molar-refractivity contribution in [2.24, 2.45) is 5.92 Å². The second-order valence-corrected chi connectivity index (χ2v) is 7.07. The van der Waals surface area contributed by atoms with Crippen molar-refractivity contribution in [1.29, 1.82) is 0 Å². The number of amides is 1. The molecule has 1 amide bonds. The van der Waals surface area contributed by atoms with Gasteiger partial charge in [-0.05, 0) is 28.8 Å². The molecule has 1 saturated carbocycles. The summed E-state index contributed by atoms with van der Waals surface area (Å²) in [6.45, 7) is 4.82. The first-order valence-corrected chi connectivity index (χ1v) is 9.50. The molecule has 2 fully saturated rings. The SMILES string of the molecule is O=C(NCCN1CCN(c2cccc([N+](=O)[O-])n2)CC1)C1CCCCC1. The second-order valence-electron chi connectivity index (χ2n) is 7.07. The topological polar surface area (TPSA) is 91.6 Å². The van der Waals surface area contributed by atoms with Crippen molar-refractivity contribution in [1.82, 2.24) is 15.2 Å². The lowest BCUT2D eigenvalue weighted by Gasteiger charge is -2.34. The number of carbonyl (C=O) groups is 1. The highest BCUT2D eigenvalue weighted by Crippen LogP contribution is 2.23. The van der Waals surface area contributed by atoms with E-state index in [1.807, 2.05) is 6.07 Å². The standard InChI is InChI=1S/C18H27N5O3/c24-18(15-5-2-1-3-6-15)19-9-10-21-11-13-22(14-12-21)16-7-4-8-17(20-16)23(25)26/h4,7-8,15H,1-3,5-6,9-14H2,(H,19,24). The van der Waals surface area contributed by atoms with Crippen molar-refractivity contribution >= 4 is 17.5 Å². The van der Waals surface area contributed by atoms with Crippen LogP contribution in [0.15, 0.2) is 18.2 Å². The molecule has 142 valence electrons. The Hall–Kier alpha value is -2.22. The number of anilines is 1. The minimum absolute atomic E-state index is 0.115. The zero-order valence-corrected chi connectivity index (χ0v) is 15.1. The summed E-state index contributed by atoms with van der Waals surface area (Å²) in [5, 5.41) is 13.9. The number of aromatic nitrogens is 1. The van der Waals surface area contributed by atoms with Crippen molar-refractivity contribution in [3.63, 3.8) is 0 Å². The highest BCUT2D eigenvalue weighted by molar-refractivity contribution is 5.78. The van der Waals surface area contributed by atoms with E-state index in [1.54, 1.807) is 6.07 Å². The maximum Gasteiger partial charge on any atom is 0.365 e. The summed E-state index contributed by atoms with van der Waals surface area (Å²) < 4.78 is 0. The van der Waals surface area contributed by atoms with Crippen LogP contribution in [-0.4, -0.2) is 60.0 Å². The summed E-state index contributed by atoms with van der Waals surface area (Å²) in [6.07, 6.45) is 5.66. The third-order valence-electron chi connectivity index (χ3n) is 5.31. The van der Waals surface area contributed by atoms with E-state index in [0.29, 0.717) is 12.4 Å². The fourth-order valence-electron chi connectivity index (χ4n) is 3.74. The highest BCUT2D eigenvalue weighted by atomic mass is 16.6. The van der Waals surface area contributed by atoms with E-state index < -0.39 is 4.92 Å². The number of rotatable bonds is 6. The summed E-state index contributed by atoms with van der Waals surface area (Å²) in [7, 11) is 0. The van der Waals surface area contributed by atoms with Gasteiger partial charge in [-0.2, -0.15) is 0 Å². The van der Waals surface area contributed by atoms with Crippen LogP contribution in [0.25, 0.3) is 0 Å². The second kappa shape index (κ2) is 8.93. The van der Waals surface area contributed by atoms with Crippen LogP contribution < -0.4 is 10.2 Å². The number of nitro groups is 1. The van der Waals surface area contributed by atoms with Crippen LogP contribution in [-0.2, 0) is 4.79 Å². The molecule has 8 heteroatoms. The molecule has 1 aliphatic heterocycles. The molecule has 1 N–H and O–H groups in total. The Bertz CT molecular complexity index is 625. The van der Waals surface area contributed by atoms with Gasteiger partial charge in [-0.1, -0.05) is 19.3 Å². The Morgan fingerprint density at radius 3 is 2.62 bits per heavy atom. The van der Waals surface area contributed by atoms with Gasteiger partial charge in [0.25, 0.3) is 0 Å². The van der Waals surface area contributed by atoms with Crippen molar-refractivity contribution < 1.29 is 9.72 Å². The van der Waals surface area contributed by atoms with Gasteiger partial charge in [0.05, 0.1) is 0 Å². The largest absolute Gasteiger partial charge is 0.365 e. The molecule has 2 aliphatic rings. The van der Waals surface area contributed by atoms with Gasteiger partial charge in [0.2, 0.25) is 11.7 Å².